The first-order chi connectivity index (χ1) is 8.72. The standard InChI is InChI=1S/C13H16BrFN2O/c14-7-8-17(11-3-1-2-4-11)13(18)12-6-5-10(15)9-16-12/h5-6,9,11H,1-4,7-8H2. The highest BCUT2D eigenvalue weighted by Gasteiger charge is 2.27. The topological polar surface area (TPSA) is 33.2 Å². The maximum Gasteiger partial charge on any atom is 0.272 e. The molecular weight excluding hydrogens is 299 g/mol. The molecule has 1 fully saturated rings. The van der Waals surface area contributed by atoms with Gasteiger partial charge in [0.1, 0.15) is 11.5 Å². The second kappa shape index (κ2) is 6.27. The lowest BCUT2D eigenvalue weighted by molar-refractivity contribution is 0.0690. The largest absolute Gasteiger partial charge is 0.333 e. The molecule has 98 valence electrons. The number of nitrogens with zero attached hydrogens (tertiary/aromatic N) is 2. The Morgan fingerprint density at radius 1 is 1.44 bits per heavy atom. The first-order valence-corrected chi connectivity index (χ1v) is 7.33. The Bertz CT molecular complexity index is 404. The van der Waals surface area contributed by atoms with Crippen LogP contribution in [0.5, 0.6) is 0 Å². The molecule has 1 aromatic rings. The van der Waals surface area contributed by atoms with E-state index in [-0.39, 0.29) is 5.91 Å². The molecule has 1 saturated carbocycles. The minimum atomic E-state index is -0.417. The number of carbonyl (C=O) groups is 1. The number of hydrogen-bond acceptors (Lipinski definition) is 2. The van der Waals surface area contributed by atoms with E-state index in [1.807, 2.05) is 4.90 Å². The van der Waals surface area contributed by atoms with Gasteiger partial charge in [-0.15, -0.1) is 0 Å². The van der Waals surface area contributed by atoms with Crippen molar-refractivity contribution in [2.45, 2.75) is 31.7 Å². The monoisotopic (exact) mass is 314 g/mol. The summed E-state index contributed by atoms with van der Waals surface area (Å²) in [6.07, 6.45) is 5.55. The zero-order chi connectivity index (χ0) is 13.0. The van der Waals surface area contributed by atoms with E-state index in [1.165, 1.54) is 25.0 Å². The van der Waals surface area contributed by atoms with Crippen molar-refractivity contribution >= 4 is 21.8 Å². The highest BCUT2D eigenvalue weighted by atomic mass is 79.9. The highest BCUT2D eigenvalue weighted by molar-refractivity contribution is 9.09. The molecule has 0 atom stereocenters. The summed E-state index contributed by atoms with van der Waals surface area (Å²) < 4.78 is 12.8. The average molecular weight is 315 g/mol. The molecule has 0 bridgehead atoms. The maximum atomic E-state index is 12.8. The van der Waals surface area contributed by atoms with Gasteiger partial charge >= 0.3 is 0 Å². The molecular formula is C13H16BrFN2O. The molecule has 0 spiro atoms. The molecule has 1 aromatic heterocycles. The van der Waals surface area contributed by atoms with Crippen molar-refractivity contribution in [2.24, 2.45) is 0 Å². The molecule has 0 aliphatic heterocycles. The lowest BCUT2D eigenvalue weighted by Gasteiger charge is -2.28. The van der Waals surface area contributed by atoms with Crippen molar-refractivity contribution in [2.75, 3.05) is 11.9 Å². The number of aromatic nitrogens is 1. The quantitative estimate of drug-likeness (QED) is 0.800. The van der Waals surface area contributed by atoms with E-state index in [0.29, 0.717) is 18.3 Å². The minimum absolute atomic E-state index is 0.0960. The van der Waals surface area contributed by atoms with Gasteiger partial charge < -0.3 is 4.90 Å². The Morgan fingerprint density at radius 2 is 2.17 bits per heavy atom. The summed E-state index contributed by atoms with van der Waals surface area (Å²) >= 11 is 3.38. The van der Waals surface area contributed by atoms with Crippen LogP contribution in [0.15, 0.2) is 18.3 Å². The van der Waals surface area contributed by atoms with Crippen LogP contribution in [0.2, 0.25) is 0 Å². The van der Waals surface area contributed by atoms with Crippen LogP contribution in [0, 0.1) is 5.82 Å². The van der Waals surface area contributed by atoms with Crippen LogP contribution in [0.1, 0.15) is 36.2 Å². The van der Waals surface area contributed by atoms with Gasteiger partial charge in [0.05, 0.1) is 6.20 Å². The van der Waals surface area contributed by atoms with Crippen molar-refractivity contribution in [1.82, 2.24) is 9.88 Å². The summed E-state index contributed by atoms with van der Waals surface area (Å²) in [6.45, 7) is 0.669. The second-order valence-electron chi connectivity index (χ2n) is 4.49. The molecule has 1 aliphatic carbocycles. The lowest BCUT2D eigenvalue weighted by atomic mass is 10.2. The normalized spacial score (nSPS) is 15.9. The summed E-state index contributed by atoms with van der Waals surface area (Å²) in [5.41, 5.74) is 0.323. The van der Waals surface area contributed by atoms with Gasteiger partial charge in [0, 0.05) is 17.9 Å². The fourth-order valence-corrected chi connectivity index (χ4v) is 2.79. The van der Waals surface area contributed by atoms with E-state index >= 15 is 0 Å². The SMILES string of the molecule is O=C(c1ccc(F)cn1)N(CCBr)C1CCCC1. The number of hydrogen-bond donors (Lipinski definition) is 0. The zero-order valence-electron chi connectivity index (χ0n) is 10.1. The Kier molecular flexibility index (Phi) is 4.69. The van der Waals surface area contributed by atoms with E-state index in [1.54, 1.807) is 0 Å². The molecule has 18 heavy (non-hydrogen) atoms. The predicted molar refractivity (Wildman–Crippen MR) is 71.3 cm³/mol. The van der Waals surface area contributed by atoms with Gasteiger partial charge in [0.15, 0.2) is 0 Å². The minimum Gasteiger partial charge on any atom is -0.333 e. The fraction of sp³-hybridized carbons (Fsp3) is 0.538. The molecule has 0 saturated heterocycles. The Hall–Kier alpha value is -0.970. The van der Waals surface area contributed by atoms with Crippen LogP contribution in [0.3, 0.4) is 0 Å². The van der Waals surface area contributed by atoms with Crippen LogP contribution >= 0.6 is 15.9 Å². The van der Waals surface area contributed by atoms with Gasteiger partial charge in [-0.1, -0.05) is 28.8 Å². The molecule has 3 nitrogen and oxygen atoms in total. The van der Waals surface area contributed by atoms with Crippen LogP contribution in [-0.2, 0) is 0 Å². The number of halogens is 2. The molecule has 1 aliphatic rings. The Balaban J connectivity index is 2.14. The van der Waals surface area contributed by atoms with Crippen molar-refractivity contribution in [3.63, 3.8) is 0 Å². The van der Waals surface area contributed by atoms with Crippen molar-refractivity contribution in [3.05, 3.63) is 29.8 Å². The van der Waals surface area contributed by atoms with Gasteiger partial charge in [-0.05, 0) is 25.0 Å². The van der Waals surface area contributed by atoms with E-state index < -0.39 is 5.82 Å². The van der Waals surface area contributed by atoms with Crippen LogP contribution < -0.4 is 0 Å². The molecule has 1 heterocycles. The van der Waals surface area contributed by atoms with E-state index in [0.717, 1.165) is 24.4 Å². The zero-order valence-corrected chi connectivity index (χ0v) is 11.7. The second-order valence-corrected chi connectivity index (χ2v) is 5.28. The summed E-state index contributed by atoms with van der Waals surface area (Å²) in [7, 11) is 0. The molecule has 1 amide bonds. The maximum absolute atomic E-state index is 12.8. The number of pyridine rings is 1. The number of amides is 1. The molecule has 0 radical (unpaired) electrons. The highest BCUT2D eigenvalue weighted by Crippen LogP contribution is 2.24. The van der Waals surface area contributed by atoms with E-state index in [2.05, 4.69) is 20.9 Å². The fourth-order valence-electron chi connectivity index (χ4n) is 2.41. The lowest BCUT2D eigenvalue weighted by Crippen LogP contribution is -2.40. The van der Waals surface area contributed by atoms with E-state index in [9.17, 15) is 9.18 Å². The third kappa shape index (κ3) is 3.07. The van der Waals surface area contributed by atoms with Gasteiger partial charge in [-0.2, -0.15) is 0 Å². The molecule has 0 N–H and O–H groups in total. The van der Waals surface area contributed by atoms with Gasteiger partial charge in [-0.25, -0.2) is 9.37 Å². The van der Waals surface area contributed by atoms with Gasteiger partial charge in [0.25, 0.3) is 5.91 Å². The first kappa shape index (κ1) is 13.5. The number of rotatable bonds is 4. The third-order valence-corrected chi connectivity index (χ3v) is 3.65. The van der Waals surface area contributed by atoms with Crippen LogP contribution in [0.4, 0.5) is 4.39 Å². The Morgan fingerprint density at radius 3 is 2.72 bits per heavy atom. The van der Waals surface area contributed by atoms with Crippen molar-refractivity contribution in [1.29, 1.82) is 0 Å². The molecule has 0 unspecified atom stereocenters. The van der Waals surface area contributed by atoms with Crippen LogP contribution in [0.25, 0.3) is 0 Å². The van der Waals surface area contributed by atoms with Crippen molar-refractivity contribution < 1.29 is 9.18 Å². The van der Waals surface area contributed by atoms with Gasteiger partial charge in [0.2, 0.25) is 0 Å². The Labute approximate surface area is 115 Å². The van der Waals surface area contributed by atoms with Crippen molar-refractivity contribution in [3.8, 4) is 0 Å². The van der Waals surface area contributed by atoms with Crippen LogP contribution in [-0.4, -0.2) is 33.7 Å². The predicted octanol–water partition coefficient (Wildman–Crippen LogP) is 3.00. The summed E-state index contributed by atoms with van der Waals surface area (Å²) in [5, 5.41) is 0.746. The number of carbonyl (C=O) groups excluding carboxylic acids is 1. The van der Waals surface area contributed by atoms with Gasteiger partial charge in [-0.3, -0.25) is 4.79 Å². The average Bonchev–Trinajstić information content (AvgIpc) is 2.90. The first-order valence-electron chi connectivity index (χ1n) is 6.21. The summed E-state index contributed by atoms with van der Waals surface area (Å²) in [6, 6.07) is 3.04. The van der Waals surface area contributed by atoms with E-state index in [4.69, 9.17) is 0 Å². The smallest absolute Gasteiger partial charge is 0.272 e. The molecule has 0 aromatic carbocycles. The molecule has 5 heteroatoms. The number of alkyl halides is 1. The molecule has 2 rings (SSSR count). The summed E-state index contributed by atoms with van der Waals surface area (Å²) in [4.78, 5) is 18.1. The summed E-state index contributed by atoms with van der Waals surface area (Å²) in [5.74, 6) is -0.513. The third-order valence-electron chi connectivity index (χ3n) is 3.30.